The normalized spacial score (nSPS) is 4.80. The zero-order valence-electron chi connectivity index (χ0n) is 2.17. The fourth-order valence-corrected chi connectivity index (χ4v) is 0. The van der Waals surface area contributed by atoms with Crippen LogP contribution in [0, 0.1) is 57.1 Å². The largest absolute Gasteiger partial charge is 4.00 e. The van der Waals surface area contributed by atoms with E-state index in [0.717, 1.165) is 0 Å². The first kappa shape index (κ1) is 9.13. The van der Waals surface area contributed by atoms with Gasteiger partial charge in [0.1, 0.15) is 0 Å². The second-order valence-electron chi connectivity index (χ2n) is 0.224. The van der Waals surface area contributed by atoms with Crippen LogP contribution < -0.4 is 0 Å². The molecule has 0 aliphatic heterocycles. The summed E-state index contributed by atoms with van der Waals surface area (Å²) in [6.07, 6.45) is 0. The maximum Gasteiger partial charge on any atom is 4.00 e. The van der Waals surface area contributed by atoms with Crippen LogP contribution in [0.25, 0.3) is 0 Å². The molecule has 0 aromatic carbocycles. The maximum atomic E-state index is 8.25. The van der Waals surface area contributed by atoms with Crippen LogP contribution in [0.2, 0.25) is 0 Å². The van der Waals surface area contributed by atoms with Gasteiger partial charge in [-0.2, -0.15) is 0 Å². The van der Waals surface area contributed by atoms with Crippen LogP contribution in [0.4, 0.5) is 0 Å². The molecule has 0 radical (unpaired) electrons. The summed E-state index contributed by atoms with van der Waals surface area (Å²) in [4.78, 5) is 8.25. The first-order valence-electron chi connectivity index (χ1n) is 0.548. The smallest absolute Gasteiger partial charge is 0.356 e. The van der Waals surface area contributed by atoms with Gasteiger partial charge in [0.05, 0.1) is 5.09 Å². The van der Waals surface area contributed by atoms with Gasteiger partial charge in [-0.1, -0.05) is 0 Å². The summed E-state index contributed by atoms with van der Waals surface area (Å²) in [5.74, 6) is 0. The molecule has 0 bridgehead atoms. The standard InChI is InChI=1S/Ce.NO3/c;2-1(3)4/q+4;-1. The molecule has 0 aromatic rings. The van der Waals surface area contributed by atoms with E-state index >= 15 is 0 Å². The van der Waals surface area contributed by atoms with E-state index in [2.05, 4.69) is 0 Å². The van der Waals surface area contributed by atoms with Crippen molar-refractivity contribution in [1.29, 1.82) is 0 Å². The first-order chi connectivity index (χ1) is 1.73. The van der Waals surface area contributed by atoms with Crippen molar-refractivity contribution in [3.05, 3.63) is 15.3 Å². The van der Waals surface area contributed by atoms with Gasteiger partial charge >= 0.3 is 41.7 Å². The third kappa shape index (κ3) is 91.4. The second kappa shape index (κ2) is 4.58. The van der Waals surface area contributed by atoms with Crippen LogP contribution in [-0.2, 0) is 0 Å². The SMILES string of the molecule is O=[N+]([O-])[O-].[Ce+4]. The molecule has 0 aliphatic rings. The molecule has 0 amide bonds. The Morgan fingerprint density at radius 3 is 1.40 bits per heavy atom. The fraction of sp³-hybridized carbons (Fsp3) is 0. The molecule has 0 heterocycles. The monoisotopic (exact) mass is 202 g/mol. The van der Waals surface area contributed by atoms with Crippen LogP contribution in [0.3, 0.4) is 0 Å². The van der Waals surface area contributed by atoms with Gasteiger partial charge in [0.2, 0.25) is 0 Å². The minimum atomic E-state index is -1.75. The molecule has 0 spiro atoms. The predicted octanol–water partition coefficient (Wildman–Crippen LogP) is -0.239. The van der Waals surface area contributed by atoms with Crippen molar-refractivity contribution < 1.29 is 46.8 Å². The topological polar surface area (TPSA) is 66.2 Å². The minimum Gasteiger partial charge on any atom is -0.356 e. The van der Waals surface area contributed by atoms with Gasteiger partial charge in [0, 0.05) is 0 Å². The van der Waals surface area contributed by atoms with Crippen molar-refractivity contribution in [1.82, 2.24) is 0 Å². The molecule has 0 unspecified atom stereocenters. The first-order valence-corrected chi connectivity index (χ1v) is 0.548. The van der Waals surface area contributed by atoms with Crippen molar-refractivity contribution in [2.75, 3.05) is 0 Å². The van der Waals surface area contributed by atoms with Gasteiger partial charge in [-0.15, -0.1) is 0 Å². The van der Waals surface area contributed by atoms with E-state index < -0.39 is 5.09 Å². The molecule has 0 aliphatic carbocycles. The van der Waals surface area contributed by atoms with Crippen molar-refractivity contribution in [3.63, 3.8) is 0 Å². The molecular formula is CeNO3+3. The van der Waals surface area contributed by atoms with E-state index in [1.807, 2.05) is 0 Å². The molecule has 0 fully saturated rings. The molecule has 5 heavy (non-hydrogen) atoms. The Hall–Kier alpha value is 0.577. The predicted molar refractivity (Wildman–Crippen MR) is 10.4 cm³/mol. The van der Waals surface area contributed by atoms with Crippen molar-refractivity contribution in [2.24, 2.45) is 0 Å². The zero-order chi connectivity index (χ0) is 3.58. The summed E-state index contributed by atoms with van der Waals surface area (Å²) >= 11 is 0. The Kier molecular flexibility index (Phi) is 8.36. The number of rotatable bonds is 0. The van der Waals surface area contributed by atoms with E-state index in [0.29, 0.717) is 0 Å². The average Bonchev–Trinajstić information content (AvgIpc) is 0.811. The quantitative estimate of drug-likeness (QED) is 0.402. The van der Waals surface area contributed by atoms with Crippen LogP contribution >= 0.6 is 0 Å². The molecule has 0 saturated carbocycles. The van der Waals surface area contributed by atoms with Crippen LogP contribution in [0.5, 0.6) is 0 Å². The summed E-state index contributed by atoms with van der Waals surface area (Å²) in [5, 5.41) is 14.8. The third-order valence-corrected chi connectivity index (χ3v) is 0. The Labute approximate surface area is 61.7 Å². The van der Waals surface area contributed by atoms with Gasteiger partial charge in [-0.25, -0.2) is 0 Å². The number of hydrogen-bond acceptors (Lipinski definition) is 3. The van der Waals surface area contributed by atoms with Crippen molar-refractivity contribution in [2.45, 2.75) is 0 Å². The van der Waals surface area contributed by atoms with E-state index in [9.17, 15) is 0 Å². The van der Waals surface area contributed by atoms with Crippen LogP contribution in [0.15, 0.2) is 0 Å². The van der Waals surface area contributed by atoms with Crippen molar-refractivity contribution >= 4 is 0 Å². The Bertz CT molecular complexity index is 29.9. The Balaban J connectivity index is 0. The number of hydrogen-bond donors (Lipinski definition) is 0. The average molecular weight is 202 g/mol. The molecule has 24 valence electrons. The summed E-state index contributed by atoms with van der Waals surface area (Å²) in [6, 6.07) is 0. The number of nitrogens with zero attached hydrogens (tertiary/aromatic N) is 1. The molecule has 0 N–H and O–H groups in total. The van der Waals surface area contributed by atoms with E-state index in [4.69, 9.17) is 15.3 Å². The van der Waals surface area contributed by atoms with E-state index in [1.54, 1.807) is 0 Å². The van der Waals surface area contributed by atoms with Gasteiger partial charge in [0.15, 0.2) is 0 Å². The van der Waals surface area contributed by atoms with E-state index in [-0.39, 0.29) is 41.7 Å². The summed E-state index contributed by atoms with van der Waals surface area (Å²) in [5.41, 5.74) is 0. The molecule has 4 nitrogen and oxygen atoms in total. The van der Waals surface area contributed by atoms with Gasteiger partial charge in [-0.05, 0) is 0 Å². The Morgan fingerprint density at radius 1 is 1.40 bits per heavy atom. The molecular weight excluding hydrogens is 202 g/mol. The molecule has 0 saturated heterocycles. The summed E-state index contributed by atoms with van der Waals surface area (Å²) < 4.78 is 0. The minimum absolute atomic E-state index is 0. The summed E-state index contributed by atoms with van der Waals surface area (Å²) in [6.45, 7) is 0. The maximum absolute atomic E-state index is 8.25. The fourth-order valence-electron chi connectivity index (χ4n) is 0. The van der Waals surface area contributed by atoms with Crippen LogP contribution in [-0.4, -0.2) is 5.09 Å². The van der Waals surface area contributed by atoms with E-state index in [1.165, 1.54) is 0 Å². The third-order valence-electron chi connectivity index (χ3n) is 0. The summed E-state index contributed by atoms with van der Waals surface area (Å²) in [7, 11) is 0. The Morgan fingerprint density at radius 2 is 1.40 bits per heavy atom. The molecule has 0 rings (SSSR count). The second-order valence-corrected chi connectivity index (χ2v) is 0.224. The van der Waals surface area contributed by atoms with Crippen LogP contribution in [0.1, 0.15) is 0 Å². The molecule has 0 atom stereocenters. The zero-order valence-corrected chi connectivity index (χ0v) is 5.31. The van der Waals surface area contributed by atoms with Gasteiger partial charge < -0.3 is 15.3 Å². The molecule has 5 heteroatoms. The van der Waals surface area contributed by atoms with Gasteiger partial charge in [-0.3, -0.25) is 0 Å². The van der Waals surface area contributed by atoms with Gasteiger partial charge in [0.25, 0.3) is 0 Å². The van der Waals surface area contributed by atoms with Crippen molar-refractivity contribution in [3.8, 4) is 0 Å². The molecule has 0 aromatic heterocycles.